The molecule has 2 aliphatic rings. The van der Waals surface area contributed by atoms with Gasteiger partial charge in [0, 0.05) is 18.8 Å². The van der Waals surface area contributed by atoms with E-state index in [0.29, 0.717) is 25.5 Å². The molecule has 0 saturated carbocycles. The third kappa shape index (κ3) is 3.38. The predicted molar refractivity (Wildman–Crippen MR) is 80.6 cm³/mol. The summed E-state index contributed by atoms with van der Waals surface area (Å²) in [6, 6.07) is 3.89. The molecule has 0 radical (unpaired) electrons. The van der Waals surface area contributed by atoms with Gasteiger partial charge in [0.15, 0.2) is 0 Å². The SMILES string of the molecule is O=S(=O)(c1cccc(C(F)(F)F)c1)N1CCC2(CC1)OCCS2. The number of hydrogen-bond donors (Lipinski definition) is 0. The highest BCUT2D eigenvalue weighted by molar-refractivity contribution is 8.00. The average molecular weight is 367 g/mol. The minimum Gasteiger partial charge on any atom is -0.363 e. The van der Waals surface area contributed by atoms with E-state index in [1.807, 2.05) is 0 Å². The van der Waals surface area contributed by atoms with Crippen LogP contribution in [0.25, 0.3) is 0 Å². The van der Waals surface area contributed by atoms with Gasteiger partial charge in [-0.1, -0.05) is 6.07 Å². The van der Waals surface area contributed by atoms with Gasteiger partial charge in [0.25, 0.3) is 0 Å². The van der Waals surface area contributed by atoms with Crippen LogP contribution in [-0.2, 0) is 20.9 Å². The van der Waals surface area contributed by atoms with Gasteiger partial charge in [-0.2, -0.15) is 17.5 Å². The standard InChI is InChI=1S/C14H16F3NO3S2/c15-14(16,17)11-2-1-3-12(10-11)23(19,20)18-6-4-13(5-7-18)21-8-9-22-13/h1-3,10H,4-9H2. The summed E-state index contributed by atoms with van der Waals surface area (Å²) >= 11 is 1.69. The van der Waals surface area contributed by atoms with E-state index in [1.54, 1.807) is 11.8 Å². The van der Waals surface area contributed by atoms with Crippen LogP contribution < -0.4 is 0 Å². The Labute approximate surface area is 137 Å². The Balaban J connectivity index is 1.80. The maximum atomic E-state index is 12.8. The summed E-state index contributed by atoms with van der Waals surface area (Å²) in [6.07, 6.45) is -3.46. The Morgan fingerprint density at radius 2 is 1.91 bits per heavy atom. The van der Waals surface area contributed by atoms with Crippen molar-refractivity contribution in [2.45, 2.75) is 28.8 Å². The molecule has 2 saturated heterocycles. The van der Waals surface area contributed by atoms with Gasteiger partial charge in [-0.05, 0) is 31.0 Å². The van der Waals surface area contributed by atoms with Crippen molar-refractivity contribution >= 4 is 21.8 Å². The highest BCUT2D eigenvalue weighted by atomic mass is 32.2. The third-order valence-electron chi connectivity index (χ3n) is 4.10. The van der Waals surface area contributed by atoms with E-state index in [2.05, 4.69) is 0 Å². The Bertz CT molecular complexity index is 675. The molecule has 0 aliphatic carbocycles. The van der Waals surface area contributed by atoms with Crippen molar-refractivity contribution < 1.29 is 26.3 Å². The van der Waals surface area contributed by atoms with Gasteiger partial charge in [-0.15, -0.1) is 11.8 Å². The number of ether oxygens (including phenoxy) is 1. The van der Waals surface area contributed by atoms with Gasteiger partial charge in [0.05, 0.1) is 17.1 Å². The van der Waals surface area contributed by atoms with E-state index < -0.39 is 21.8 Å². The van der Waals surface area contributed by atoms with Crippen molar-refractivity contribution in [3.05, 3.63) is 29.8 Å². The van der Waals surface area contributed by atoms with Crippen molar-refractivity contribution in [2.24, 2.45) is 0 Å². The van der Waals surface area contributed by atoms with Crippen LogP contribution in [-0.4, -0.2) is 43.1 Å². The fourth-order valence-corrected chi connectivity index (χ4v) is 5.50. The predicted octanol–water partition coefficient (Wildman–Crippen LogP) is 2.95. The zero-order valence-corrected chi connectivity index (χ0v) is 13.8. The monoisotopic (exact) mass is 367 g/mol. The molecule has 1 aromatic rings. The van der Waals surface area contributed by atoms with Crippen molar-refractivity contribution in [3.8, 4) is 0 Å². The number of hydrogen-bond acceptors (Lipinski definition) is 4. The fourth-order valence-electron chi connectivity index (χ4n) is 2.83. The smallest absolute Gasteiger partial charge is 0.363 e. The molecule has 3 rings (SSSR count). The Morgan fingerprint density at radius 1 is 1.22 bits per heavy atom. The zero-order valence-electron chi connectivity index (χ0n) is 12.2. The second-order valence-corrected chi connectivity index (χ2v) is 8.92. The molecule has 2 aliphatic heterocycles. The molecule has 0 bridgehead atoms. The van der Waals surface area contributed by atoms with E-state index in [4.69, 9.17) is 4.74 Å². The van der Waals surface area contributed by atoms with Crippen LogP contribution in [0.4, 0.5) is 13.2 Å². The summed E-state index contributed by atoms with van der Waals surface area (Å²) in [5.74, 6) is 0.889. The molecule has 2 fully saturated rings. The first-order valence-electron chi connectivity index (χ1n) is 7.18. The molecule has 2 heterocycles. The number of sulfonamides is 1. The summed E-state index contributed by atoms with van der Waals surface area (Å²) < 4.78 is 70.4. The van der Waals surface area contributed by atoms with Gasteiger partial charge < -0.3 is 4.74 Å². The number of halogens is 3. The number of piperidine rings is 1. The number of alkyl halides is 3. The molecule has 0 aromatic heterocycles. The van der Waals surface area contributed by atoms with Crippen LogP contribution in [0.5, 0.6) is 0 Å². The van der Waals surface area contributed by atoms with Gasteiger partial charge in [0.2, 0.25) is 10.0 Å². The third-order valence-corrected chi connectivity index (χ3v) is 7.41. The summed E-state index contributed by atoms with van der Waals surface area (Å²) in [7, 11) is -3.92. The van der Waals surface area contributed by atoms with Crippen LogP contribution in [0.1, 0.15) is 18.4 Å². The Hall–Kier alpha value is -0.770. The fraction of sp³-hybridized carbons (Fsp3) is 0.571. The number of thioether (sulfide) groups is 1. The second-order valence-electron chi connectivity index (χ2n) is 5.54. The first-order valence-corrected chi connectivity index (χ1v) is 9.61. The lowest BCUT2D eigenvalue weighted by molar-refractivity contribution is -0.137. The quantitative estimate of drug-likeness (QED) is 0.806. The lowest BCUT2D eigenvalue weighted by atomic mass is 10.1. The van der Waals surface area contributed by atoms with E-state index in [9.17, 15) is 21.6 Å². The van der Waals surface area contributed by atoms with Crippen LogP contribution in [0.3, 0.4) is 0 Å². The topological polar surface area (TPSA) is 46.6 Å². The first-order chi connectivity index (χ1) is 10.7. The van der Waals surface area contributed by atoms with Gasteiger partial charge in [0.1, 0.15) is 4.93 Å². The van der Waals surface area contributed by atoms with E-state index in [1.165, 1.54) is 10.4 Å². The van der Waals surface area contributed by atoms with E-state index in [0.717, 1.165) is 17.9 Å². The number of rotatable bonds is 2. The van der Waals surface area contributed by atoms with Crippen LogP contribution in [0, 0.1) is 0 Å². The first kappa shape index (κ1) is 17.1. The molecular formula is C14H16F3NO3S2. The molecule has 0 unspecified atom stereocenters. The summed E-state index contributed by atoms with van der Waals surface area (Å²) in [4.78, 5) is -0.636. The number of nitrogens with zero attached hydrogens (tertiary/aromatic N) is 1. The van der Waals surface area contributed by atoms with Gasteiger partial charge in [-0.3, -0.25) is 0 Å². The normalized spacial score (nSPS) is 22.6. The zero-order chi connectivity index (χ0) is 16.7. The van der Waals surface area contributed by atoms with Crippen LogP contribution in [0.2, 0.25) is 0 Å². The molecule has 9 heteroatoms. The van der Waals surface area contributed by atoms with Crippen molar-refractivity contribution in [3.63, 3.8) is 0 Å². The highest BCUT2D eigenvalue weighted by Crippen LogP contribution is 2.42. The van der Waals surface area contributed by atoms with E-state index in [-0.39, 0.29) is 22.9 Å². The van der Waals surface area contributed by atoms with Crippen molar-refractivity contribution in [2.75, 3.05) is 25.4 Å². The van der Waals surface area contributed by atoms with Crippen LogP contribution in [0.15, 0.2) is 29.2 Å². The van der Waals surface area contributed by atoms with Gasteiger partial charge >= 0.3 is 6.18 Å². The maximum Gasteiger partial charge on any atom is 0.416 e. The molecule has 1 aromatic carbocycles. The molecule has 0 N–H and O–H groups in total. The minimum absolute atomic E-state index is 0.256. The highest BCUT2D eigenvalue weighted by Gasteiger charge is 2.42. The summed E-state index contributed by atoms with van der Waals surface area (Å²) in [5, 5.41) is 0. The molecule has 128 valence electrons. The molecule has 0 amide bonds. The van der Waals surface area contributed by atoms with E-state index >= 15 is 0 Å². The number of benzene rings is 1. The minimum atomic E-state index is -4.56. The molecule has 23 heavy (non-hydrogen) atoms. The van der Waals surface area contributed by atoms with Crippen LogP contribution >= 0.6 is 11.8 Å². The summed E-state index contributed by atoms with van der Waals surface area (Å²) in [5.41, 5.74) is -0.957. The Morgan fingerprint density at radius 3 is 2.48 bits per heavy atom. The van der Waals surface area contributed by atoms with Crippen molar-refractivity contribution in [1.82, 2.24) is 4.31 Å². The lowest BCUT2D eigenvalue weighted by Gasteiger charge is -2.37. The molecule has 0 atom stereocenters. The molecule has 4 nitrogen and oxygen atoms in total. The average Bonchev–Trinajstić information content (AvgIpc) is 2.95. The maximum absolute atomic E-state index is 12.8. The summed E-state index contributed by atoms with van der Waals surface area (Å²) in [6.45, 7) is 1.17. The van der Waals surface area contributed by atoms with Crippen molar-refractivity contribution in [1.29, 1.82) is 0 Å². The largest absolute Gasteiger partial charge is 0.416 e. The Kier molecular flexibility index (Phi) is 4.41. The van der Waals surface area contributed by atoms with Gasteiger partial charge in [-0.25, -0.2) is 8.42 Å². The second kappa shape index (κ2) is 5.94. The lowest BCUT2D eigenvalue weighted by Crippen LogP contribution is -2.45. The molecular weight excluding hydrogens is 351 g/mol. The molecule has 1 spiro atoms.